The van der Waals surface area contributed by atoms with E-state index < -0.39 is 10.0 Å². The van der Waals surface area contributed by atoms with Crippen molar-refractivity contribution in [1.29, 1.82) is 0 Å². The molecule has 0 aromatic carbocycles. The molecule has 24 heavy (non-hydrogen) atoms. The molecule has 2 heterocycles. The minimum Gasteiger partial charge on any atom is -0.343 e. The number of carbonyl (C=O) groups is 1. The second-order valence-electron chi connectivity index (χ2n) is 5.40. The number of sulfonamides is 1. The highest BCUT2D eigenvalue weighted by Crippen LogP contribution is 2.16. The molecule has 7 nitrogen and oxygen atoms in total. The number of hydrogen-bond donors (Lipinski definition) is 2. The molecule has 10 heteroatoms. The fourth-order valence-electron chi connectivity index (χ4n) is 2.46. The van der Waals surface area contributed by atoms with Crippen LogP contribution in [0.15, 0.2) is 29.4 Å². The average molecular weight is 399 g/mol. The molecule has 3 N–H and O–H groups in total. The number of likely N-dealkylation sites (tertiary alicyclic amines) is 1. The molecule has 0 saturated carbocycles. The van der Waals surface area contributed by atoms with Gasteiger partial charge in [-0.1, -0.05) is 0 Å². The zero-order valence-electron chi connectivity index (χ0n) is 13.3. The molecule has 2 rings (SSSR count). The van der Waals surface area contributed by atoms with Gasteiger partial charge in [0.05, 0.1) is 0 Å². The summed E-state index contributed by atoms with van der Waals surface area (Å²) in [5, 5.41) is 0. The number of carbonyl (C=O) groups excluding carboxylic acids is 1. The van der Waals surface area contributed by atoms with Crippen LogP contribution in [0.1, 0.15) is 19.3 Å². The summed E-state index contributed by atoms with van der Waals surface area (Å²) in [7, 11) is -3.60. The van der Waals surface area contributed by atoms with Crippen LogP contribution in [-0.2, 0) is 14.8 Å². The van der Waals surface area contributed by atoms with Gasteiger partial charge in [0.2, 0.25) is 15.9 Å². The van der Waals surface area contributed by atoms with Crippen LogP contribution in [0.4, 0.5) is 0 Å². The summed E-state index contributed by atoms with van der Waals surface area (Å²) in [6, 6.07) is 3.02. The lowest BCUT2D eigenvalue weighted by Gasteiger charge is -2.31. The molecule has 0 radical (unpaired) electrons. The molecule has 1 aliphatic rings. The van der Waals surface area contributed by atoms with E-state index in [4.69, 9.17) is 5.73 Å². The second kappa shape index (κ2) is 10.8. The number of nitrogens with one attached hydrogen (secondary N) is 1. The minimum absolute atomic E-state index is 0. The number of amides is 1. The third-order valence-electron chi connectivity index (χ3n) is 3.88. The van der Waals surface area contributed by atoms with Crippen molar-refractivity contribution in [3.8, 4) is 0 Å². The predicted molar refractivity (Wildman–Crippen MR) is 96.9 cm³/mol. The van der Waals surface area contributed by atoms with Crippen LogP contribution in [-0.4, -0.2) is 50.4 Å². The number of halogens is 2. The fraction of sp³-hybridized carbons (Fsp3) is 0.571. The molecule has 1 fully saturated rings. The van der Waals surface area contributed by atoms with Gasteiger partial charge in [0, 0.05) is 38.4 Å². The first-order chi connectivity index (χ1) is 10.5. The van der Waals surface area contributed by atoms with E-state index in [1.807, 2.05) is 0 Å². The van der Waals surface area contributed by atoms with E-state index in [1.54, 1.807) is 11.0 Å². The van der Waals surface area contributed by atoms with Gasteiger partial charge in [0.1, 0.15) is 4.90 Å². The van der Waals surface area contributed by atoms with E-state index in [1.165, 1.54) is 18.5 Å². The lowest BCUT2D eigenvalue weighted by Crippen LogP contribution is -2.41. The number of nitrogens with two attached hydrogens (primary N) is 1. The highest BCUT2D eigenvalue weighted by Gasteiger charge is 2.22. The summed E-state index contributed by atoms with van der Waals surface area (Å²) in [6.07, 6.45) is 4.79. The zero-order chi connectivity index (χ0) is 16.0. The molecular formula is C14H24Cl2N4O3S. The molecule has 1 aromatic heterocycles. The summed E-state index contributed by atoms with van der Waals surface area (Å²) in [5.41, 5.74) is 5.62. The Kier molecular flexibility index (Phi) is 10.4. The highest BCUT2D eigenvalue weighted by atomic mass is 35.5. The largest absolute Gasteiger partial charge is 0.343 e. The molecule has 0 bridgehead atoms. The van der Waals surface area contributed by atoms with E-state index in [-0.39, 0.29) is 48.6 Å². The highest BCUT2D eigenvalue weighted by molar-refractivity contribution is 7.89. The number of pyridine rings is 1. The maximum absolute atomic E-state index is 12.1. The summed E-state index contributed by atoms with van der Waals surface area (Å²) in [4.78, 5) is 17.7. The van der Waals surface area contributed by atoms with Gasteiger partial charge < -0.3 is 10.6 Å². The quantitative estimate of drug-likeness (QED) is 0.736. The van der Waals surface area contributed by atoms with Gasteiger partial charge in [0.15, 0.2) is 0 Å². The summed E-state index contributed by atoms with van der Waals surface area (Å²) >= 11 is 0. The van der Waals surface area contributed by atoms with E-state index in [0.717, 1.165) is 12.8 Å². The smallest absolute Gasteiger partial charge is 0.242 e. The Labute approximate surface area is 155 Å². The Morgan fingerprint density at radius 2 is 2.00 bits per heavy atom. The van der Waals surface area contributed by atoms with Crippen molar-refractivity contribution in [2.75, 3.05) is 26.2 Å². The van der Waals surface area contributed by atoms with E-state index >= 15 is 0 Å². The van der Waals surface area contributed by atoms with Crippen molar-refractivity contribution >= 4 is 40.7 Å². The van der Waals surface area contributed by atoms with Crippen molar-refractivity contribution in [1.82, 2.24) is 14.6 Å². The number of aromatic nitrogens is 1. The Morgan fingerprint density at radius 3 is 2.54 bits per heavy atom. The van der Waals surface area contributed by atoms with Gasteiger partial charge in [0.25, 0.3) is 0 Å². The van der Waals surface area contributed by atoms with E-state index in [9.17, 15) is 13.2 Å². The van der Waals surface area contributed by atoms with Crippen molar-refractivity contribution in [2.45, 2.75) is 24.2 Å². The molecule has 1 aliphatic heterocycles. The molecule has 1 saturated heterocycles. The SMILES string of the molecule is Cl.Cl.NCC1CCN(C(=O)CCNS(=O)(=O)c2cccnc2)CC1. The number of piperidine rings is 1. The number of hydrogen-bond acceptors (Lipinski definition) is 5. The third-order valence-corrected chi connectivity index (χ3v) is 5.32. The Bertz CT molecular complexity index is 593. The summed E-state index contributed by atoms with van der Waals surface area (Å²) < 4.78 is 26.4. The Morgan fingerprint density at radius 1 is 1.33 bits per heavy atom. The van der Waals surface area contributed by atoms with Crippen molar-refractivity contribution in [3.63, 3.8) is 0 Å². The van der Waals surface area contributed by atoms with Crippen LogP contribution >= 0.6 is 24.8 Å². The molecule has 1 aromatic rings. The van der Waals surface area contributed by atoms with E-state index in [0.29, 0.717) is 25.6 Å². The first-order valence-corrected chi connectivity index (χ1v) is 8.89. The molecular weight excluding hydrogens is 375 g/mol. The molecule has 0 aliphatic carbocycles. The summed E-state index contributed by atoms with van der Waals surface area (Å²) in [6.45, 7) is 2.16. The molecule has 0 unspecified atom stereocenters. The van der Waals surface area contributed by atoms with Crippen LogP contribution < -0.4 is 10.5 Å². The van der Waals surface area contributed by atoms with Crippen molar-refractivity contribution in [2.24, 2.45) is 11.7 Å². The molecule has 1 amide bonds. The average Bonchev–Trinajstić information content (AvgIpc) is 2.55. The number of rotatable bonds is 6. The first-order valence-electron chi connectivity index (χ1n) is 7.40. The van der Waals surface area contributed by atoms with Gasteiger partial charge in [-0.05, 0) is 37.4 Å². The van der Waals surface area contributed by atoms with Gasteiger partial charge in [-0.3, -0.25) is 9.78 Å². The fourth-order valence-corrected chi connectivity index (χ4v) is 3.45. The van der Waals surface area contributed by atoms with Crippen LogP contribution in [0.2, 0.25) is 0 Å². The van der Waals surface area contributed by atoms with Crippen LogP contribution in [0.3, 0.4) is 0 Å². The van der Waals surface area contributed by atoms with Crippen LogP contribution in [0, 0.1) is 5.92 Å². The topological polar surface area (TPSA) is 105 Å². The van der Waals surface area contributed by atoms with Gasteiger partial charge in [-0.25, -0.2) is 13.1 Å². The van der Waals surface area contributed by atoms with Gasteiger partial charge in [-0.2, -0.15) is 0 Å². The van der Waals surface area contributed by atoms with Crippen molar-refractivity contribution < 1.29 is 13.2 Å². The lowest BCUT2D eigenvalue weighted by molar-refractivity contribution is -0.132. The second-order valence-corrected chi connectivity index (χ2v) is 7.16. The minimum atomic E-state index is -3.60. The monoisotopic (exact) mass is 398 g/mol. The van der Waals surface area contributed by atoms with Crippen LogP contribution in [0.5, 0.6) is 0 Å². The first kappa shape index (κ1) is 23.1. The van der Waals surface area contributed by atoms with Crippen molar-refractivity contribution in [3.05, 3.63) is 24.5 Å². The molecule has 138 valence electrons. The van der Waals surface area contributed by atoms with E-state index in [2.05, 4.69) is 9.71 Å². The maximum Gasteiger partial charge on any atom is 0.242 e. The third kappa shape index (κ3) is 6.52. The standard InChI is InChI=1S/C14H22N4O3S.2ClH/c15-10-12-4-8-18(9-5-12)14(19)3-7-17-22(20,21)13-2-1-6-16-11-13;;/h1-2,6,11-12,17H,3-5,7-10,15H2;2*1H. The summed E-state index contributed by atoms with van der Waals surface area (Å²) in [5.74, 6) is 0.470. The van der Waals surface area contributed by atoms with Crippen LogP contribution in [0.25, 0.3) is 0 Å². The van der Waals surface area contributed by atoms with Gasteiger partial charge >= 0.3 is 0 Å². The predicted octanol–water partition coefficient (Wildman–Crippen LogP) is 0.791. The zero-order valence-corrected chi connectivity index (χ0v) is 15.7. The maximum atomic E-state index is 12.1. The molecule has 0 spiro atoms. The Hall–Kier alpha value is -0.930. The molecule has 0 atom stereocenters. The lowest BCUT2D eigenvalue weighted by atomic mass is 9.97. The normalized spacial score (nSPS) is 15.3. The number of nitrogens with zero attached hydrogens (tertiary/aromatic N) is 2. The Balaban J connectivity index is 0.00000264. The van der Waals surface area contributed by atoms with Gasteiger partial charge in [-0.15, -0.1) is 24.8 Å².